The number of halogens is 1. The summed E-state index contributed by atoms with van der Waals surface area (Å²) in [7, 11) is 1.31. The predicted molar refractivity (Wildman–Crippen MR) is 123 cm³/mol. The van der Waals surface area contributed by atoms with Crippen LogP contribution < -0.4 is 5.43 Å². The van der Waals surface area contributed by atoms with Crippen LogP contribution in [0.3, 0.4) is 0 Å². The van der Waals surface area contributed by atoms with E-state index in [9.17, 15) is 14.4 Å². The molecule has 0 saturated carbocycles. The number of benzene rings is 3. The van der Waals surface area contributed by atoms with Gasteiger partial charge in [-0.3, -0.25) is 9.59 Å². The third-order valence-electron chi connectivity index (χ3n) is 5.79. The fourth-order valence-corrected chi connectivity index (χ4v) is 4.31. The molecule has 1 amide bonds. The van der Waals surface area contributed by atoms with Crippen molar-refractivity contribution in [3.8, 4) is 0 Å². The van der Waals surface area contributed by atoms with Gasteiger partial charge in [0.05, 0.1) is 29.7 Å². The average molecular weight is 460 g/mol. The van der Waals surface area contributed by atoms with Crippen LogP contribution in [0.1, 0.15) is 43.6 Å². The molecule has 0 saturated heterocycles. The van der Waals surface area contributed by atoms with Crippen molar-refractivity contribution in [3.05, 3.63) is 116 Å². The second-order valence-corrected chi connectivity index (χ2v) is 8.18. The standard InChI is InChI=1S/C26H18ClNO5/c1-32-26(31)17-10-8-16(9-11-17)22-21-23(29)19-4-2-3-5-20(19)33-24(21)25(30)28(22)14-15-6-12-18(27)13-7-15/h2-13,22H,14H2,1H3. The normalized spacial score (nSPS) is 15.0. The van der Waals surface area contributed by atoms with Crippen molar-refractivity contribution >= 4 is 34.4 Å². The first-order valence-electron chi connectivity index (χ1n) is 10.3. The maximum atomic E-state index is 13.5. The van der Waals surface area contributed by atoms with Gasteiger partial charge in [0.15, 0.2) is 5.43 Å². The van der Waals surface area contributed by atoms with E-state index in [0.717, 1.165) is 5.56 Å². The van der Waals surface area contributed by atoms with E-state index < -0.39 is 12.0 Å². The lowest BCUT2D eigenvalue weighted by atomic mass is 9.97. The zero-order valence-corrected chi connectivity index (χ0v) is 18.3. The van der Waals surface area contributed by atoms with Crippen LogP contribution >= 0.6 is 11.6 Å². The SMILES string of the molecule is COC(=O)c1ccc(C2c3c(oc4ccccc4c3=O)C(=O)N2Cc2ccc(Cl)cc2)cc1. The molecule has 0 N–H and O–H groups in total. The second-order valence-electron chi connectivity index (χ2n) is 7.75. The zero-order chi connectivity index (χ0) is 23.1. The number of hydrogen-bond donors (Lipinski definition) is 0. The molecule has 1 aromatic heterocycles. The van der Waals surface area contributed by atoms with Gasteiger partial charge in [-0.25, -0.2) is 4.79 Å². The Morgan fingerprint density at radius 3 is 2.39 bits per heavy atom. The Kier molecular flexibility index (Phi) is 5.23. The number of rotatable bonds is 4. The largest absolute Gasteiger partial charge is 0.465 e. The Morgan fingerprint density at radius 1 is 1.00 bits per heavy atom. The number of hydrogen-bond acceptors (Lipinski definition) is 5. The van der Waals surface area contributed by atoms with Gasteiger partial charge in [0.1, 0.15) is 5.58 Å². The smallest absolute Gasteiger partial charge is 0.337 e. The number of ether oxygens (including phenoxy) is 1. The summed E-state index contributed by atoms with van der Waals surface area (Å²) in [6.45, 7) is 0.249. The van der Waals surface area contributed by atoms with E-state index in [2.05, 4.69) is 0 Å². The monoisotopic (exact) mass is 459 g/mol. The number of para-hydroxylation sites is 1. The highest BCUT2D eigenvalue weighted by molar-refractivity contribution is 6.30. The van der Waals surface area contributed by atoms with Crippen molar-refractivity contribution in [1.29, 1.82) is 0 Å². The molecule has 164 valence electrons. The molecule has 1 unspecified atom stereocenters. The summed E-state index contributed by atoms with van der Waals surface area (Å²) >= 11 is 6.01. The molecular formula is C26H18ClNO5. The first kappa shape index (κ1) is 21.0. The van der Waals surface area contributed by atoms with Gasteiger partial charge in [0, 0.05) is 11.6 Å². The maximum Gasteiger partial charge on any atom is 0.337 e. The summed E-state index contributed by atoms with van der Waals surface area (Å²) in [5.74, 6) is -0.799. The Balaban J connectivity index is 1.67. The average Bonchev–Trinajstić information content (AvgIpc) is 3.12. The van der Waals surface area contributed by atoms with Crippen LogP contribution in [-0.2, 0) is 11.3 Å². The van der Waals surface area contributed by atoms with Crippen LogP contribution in [0, 0.1) is 0 Å². The molecule has 0 bridgehead atoms. The van der Waals surface area contributed by atoms with Gasteiger partial charge < -0.3 is 14.1 Å². The lowest BCUT2D eigenvalue weighted by Crippen LogP contribution is -2.29. The van der Waals surface area contributed by atoms with Crippen LogP contribution in [0.4, 0.5) is 0 Å². The predicted octanol–water partition coefficient (Wildman–Crippen LogP) is 4.98. The molecule has 1 atom stereocenters. The summed E-state index contributed by atoms with van der Waals surface area (Å²) in [4.78, 5) is 40.4. The first-order chi connectivity index (χ1) is 16.0. The number of amides is 1. The minimum atomic E-state index is -0.671. The molecule has 0 spiro atoms. The van der Waals surface area contributed by atoms with Crippen LogP contribution in [0.5, 0.6) is 0 Å². The molecule has 2 heterocycles. The van der Waals surface area contributed by atoms with E-state index in [1.54, 1.807) is 65.6 Å². The van der Waals surface area contributed by atoms with Crippen LogP contribution in [0.2, 0.25) is 5.02 Å². The van der Waals surface area contributed by atoms with Gasteiger partial charge in [-0.2, -0.15) is 0 Å². The number of methoxy groups -OCH3 is 1. The lowest BCUT2D eigenvalue weighted by Gasteiger charge is -2.25. The van der Waals surface area contributed by atoms with Crippen LogP contribution in [0.15, 0.2) is 82.0 Å². The molecule has 6 nitrogen and oxygen atoms in total. The van der Waals surface area contributed by atoms with E-state index in [1.807, 2.05) is 12.1 Å². The van der Waals surface area contributed by atoms with E-state index in [1.165, 1.54) is 7.11 Å². The van der Waals surface area contributed by atoms with Crippen molar-refractivity contribution in [1.82, 2.24) is 4.90 Å². The lowest BCUT2D eigenvalue weighted by molar-refractivity contribution is 0.0599. The summed E-state index contributed by atoms with van der Waals surface area (Å²) in [6, 6.07) is 20.1. The van der Waals surface area contributed by atoms with Gasteiger partial charge in [-0.15, -0.1) is 0 Å². The fourth-order valence-electron chi connectivity index (χ4n) is 4.18. The summed E-state index contributed by atoms with van der Waals surface area (Å²) in [5.41, 5.74) is 2.32. The van der Waals surface area contributed by atoms with Crippen molar-refractivity contribution in [2.45, 2.75) is 12.6 Å². The highest BCUT2D eigenvalue weighted by Gasteiger charge is 2.42. The molecule has 0 aliphatic carbocycles. The molecule has 0 radical (unpaired) electrons. The Morgan fingerprint density at radius 2 is 1.70 bits per heavy atom. The van der Waals surface area contributed by atoms with Crippen LogP contribution in [0.25, 0.3) is 11.0 Å². The van der Waals surface area contributed by atoms with Crippen LogP contribution in [-0.4, -0.2) is 23.9 Å². The van der Waals surface area contributed by atoms with Gasteiger partial charge in [-0.05, 0) is 47.5 Å². The fraction of sp³-hybridized carbons (Fsp3) is 0.115. The third kappa shape index (κ3) is 3.58. The Labute approximate surface area is 194 Å². The molecule has 0 fully saturated rings. The molecule has 7 heteroatoms. The molecular weight excluding hydrogens is 442 g/mol. The molecule has 5 rings (SSSR count). The quantitative estimate of drug-likeness (QED) is 0.402. The number of fused-ring (bicyclic) bond motifs is 2. The molecule has 33 heavy (non-hydrogen) atoms. The minimum absolute atomic E-state index is 0.0368. The zero-order valence-electron chi connectivity index (χ0n) is 17.6. The number of carbonyl (C=O) groups is 2. The van der Waals surface area contributed by atoms with E-state index >= 15 is 0 Å². The molecule has 4 aromatic rings. The van der Waals surface area contributed by atoms with E-state index in [0.29, 0.717) is 32.7 Å². The maximum absolute atomic E-state index is 13.5. The molecule has 1 aliphatic rings. The highest BCUT2D eigenvalue weighted by atomic mass is 35.5. The second kappa shape index (κ2) is 8.22. The van der Waals surface area contributed by atoms with Crippen molar-refractivity contribution in [2.24, 2.45) is 0 Å². The molecule has 3 aromatic carbocycles. The Hall–Kier alpha value is -3.90. The van der Waals surface area contributed by atoms with Gasteiger partial charge in [0.25, 0.3) is 5.91 Å². The van der Waals surface area contributed by atoms with E-state index in [-0.39, 0.29) is 23.6 Å². The van der Waals surface area contributed by atoms with Gasteiger partial charge >= 0.3 is 5.97 Å². The van der Waals surface area contributed by atoms with Crippen molar-refractivity contribution < 1.29 is 18.7 Å². The number of carbonyl (C=O) groups excluding carboxylic acids is 2. The van der Waals surface area contributed by atoms with Crippen molar-refractivity contribution in [2.75, 3.05) is 7.11 Å². The summed E-state index contributed by atoms with van der Waals surface area (Å²) in [6.07, 6.45) is 0. The summed E-state index contributed by atoms with van der Waals surface area (Å²) < 4.78 is 10.7. The highest BCUT2D eigenvalue weighted by Crippen LogP contribution is 2.39. The number of nitrogens with zero attached hydrogens (tertiary/aromatic N) is 1. The first-order valence-corrected chi connectivity index (χ1v) is 10.6. The van der Waals surface area contributed by atoms with Gasteiger partial charge in [-0.1, -0.05) is 48.0 Å². The number of esters is 1. The topological polar surface area (TPSA) is 76.8 Å². The molecule has 1 aliphatic heterocycles. The van der Waals surface area contributed by atoms with Gasteiger partial charge in [0.2, 0.25) is 5.76 Å². The minimum Gasteiger partial charge on any atom is -0.465 e. The Bertz CT molecular complexity index is 1440. The third-order valence-corrected chi connectivity index (χ3v) is 6.04. The van der Waals surface area contributed by atoms with Crippen molar-refractivity contribution in [3.63, 3.8) is 0 Å². The van der Waals surface area contributed by atoms with E-state index in [4.69, 9.17) is 20.8 Å². The summed E-state index contributed by atoms with van der Waals surface area (Å²) in [5, 5.41) is 1.00.